The van der Waals surface area contributed by atoms with Crippen LogP contribution in [0.4, 0.5) is 8.78 Å². The van der Waals surface area contributed by atoms with Crippen molar-refractivity contribution in [1.82, 2.24) is 5.32 Å². The lowest BCUT2D eigenvalue weighted by molar-refractivity contribution is -0.0505. The number of alkyl halides is 2. The van der Waals surface area contributed by atoms with Gasteiger partial charge in [-0.1, -0.05) is 18.2 Å². The number of hydrogen-bond acceptors (Lipinski definition) is 3. The molecule has 0 aliphatic carbocycles. The molecule has 1 N–H and O–H groups in total. The van der Waals surface area contributed by atoms with E-state index < -0.39 is 6.61 Å². The normalized spacial score (nSPS) is 11.9. The maximum Gasteiger partial charge on any atom is 0.387 e. The number of nitrogens with one attached hydrogen (secondary N) is 1. The average molecular weight is 273 g/mol. The molecule has 0 fully saturated rings. The molecule has 0 heterocycles. The molecule has 108 valence electrons. The summed E-state index contributed by atoms with van der Waals surface area (Å²) in [5.41, 5.74) is 0.532. The fourth-order valence-electron chi connectivity index (χ4n) is 1.58. The Balaban J connectivity index is 2.45. The van der Waals surface area contributed by atoms with Gasteiger partial charge in [0.15, 0.2) is 0 Å². The monoisotopic (exact) mass is 273 g/mol. The Bertz CT molecular complexity index is 383. The van der Waals surface area contributed by atoms with Crippen LogP contribution in [-0.2, 0) is 11.3 Å². The van der Waals surface area contributed by atoms with E-state index in [4.69, 9.17) is 4.74 Å². The number of methoxy groups -OCH3 is 1. The van der Waals surface area contributed by atoms with Gasteiger partial charge in [-0.25, -0.2) is 0 Å². The van der Waals surface area contributed by atoms with Crippen LogP contribution in [0.1, 0.15) is 25.8 Å². The van der Waals surface area contributed by atoms with Crippen molar-refractivity contribution in [3.05, 3.63) is 29.8 Å². The molecule has 0 bridgehead atoms. The van der Waals surface area contributed by atoms with Crippen molar-refractivity contribution >= 4 is 0 Å². The molecule has 0 amide bonds. The lowest BCUT2D eigenvalue weighted by Crippen LogP contribution is -2.28. The summed E-state index contributed by atoms with van der Waals surface area (Å²) in [7, 11) is 1.67. The second-order valence-electron chi connectivity index (χ2n) is 4.88. The van der Waals surface area contributed by atoms with Crippen molar-refractivity contribution in [2.75, 3.05) is 13.7 Å². The summed E-state index contributed by atoms with van der Waals surface area (Å²) in [6.07, 6.45) is 0.835. The molecule has 0 radical (unpaired) electrons. The van der Waals surface area contributed by atoms with Crippen molar-refractivity contribution in [3.8, 4) is 5.75 Å². The Morgan fingerprint density at radius 1 is 1.26 bits per heavy atom. The molecule has 1 aromatic carbocycles. The summed E-state index contributed by atoms with van der Waals surface area (Å²) in [5.74, 6) is 0.219. The van der Waals surface area contributed by atoms with Crippen LogP contribution in [0.2, 0.25) is 0 Å². The molecule has 0 aliphatic heterocycles. The first kappa shape index (κ1) is 15.9. The van der Waals surface area contributed by atoms with Crippen molar-refractivity contribution in [1.29, 1.82) is 0 Å². The maximum atomic E-state index is 12.2. The van der Waals surface area contributed by atoms with Crippen molar-refractivity contribution in [2.24, 2.45) is 0 Å². The molecule has 3 nitrogen and oxygen atoms in total. The van der Waals surface area contributed by atoms with E-state index in [0.29, 0.717) is 6.54 Å². The van der Waals surface area contributed by atoms with E-state index in [1.807, 2.05) is 13.8 Å². The molecular weight excluding hydrogens is 252 g/mol. The smallest absolute Gasteiger partial charge is 0.387 e. The predicted octanol–water partition coefficient (Wildman–Crippen LogP) is 3.19. The quantitative estimate of drug-likeness (QED) is 0.738. The van der Waals surface area contributed by atoms with Crippen LogP contribution < -0.4 is 10.1 Å². The minimum atomic E-state index is -2.80. The summed E-state index contributed by atoms with van der Waals surface area (Å²) in [5, 5.41) is 3.20. The van der Waals surface area contributed by atoms with Gasteiger partial charge in [-0.3, -0.25) is 0 Å². The first-order chi connectivity index (χ1) is 8.94. The van der Waals surface area contributed by atoms with Crippen LogP contribution in [0.25, 0.3) is 0 Å². The van der Waals surface area contributed by atoms with Gasteiger partial charge in [0.05, 0.1) is 5.60 Å². The van der Waals surface area contributed by atoms with E-state index in [1.54, 1.807) is 31.4 Å². The highest BCUT2D eigenvalue weighted by molar-refractivity contribution is 5.33. The largest absolute Gasteiger partial charge is 0.434 e. The van der Waals surface area contributed by atoms with Crippen LogP contribution in [-0.4, -0.2) is 25.9 Å². The van der Waals surface area contributed by atoms with Gasteiger partial charge < -0.3 is 14.8 Å². The molecule has 0 aromatic heterocycles. The first-order valence-corrected chi connectivity index (χ1v) is 6.23. The van der Waals surface area contributed by atoms with E-state index in [9.17, 15) is 8.78 Å². The zero-order chi connectivity index (χ0) is 14.3. The van der Waals surface area contributed by atoms with Crippen LogP contribution >= 0.6 is 0 Å². The predicted molar refractivity (Wildman–Crippen MR) is 70.5 cm³/mol. The van der Waals surface area contributed by atoms with Crippen molar-refractivity contribution in [3.63, 3.8) is 0 Å². The zero-order valence-corrected chi connectivity index (χ0v) is 11.6. The highest BCUT2D eigenvalue weighted by atomic mass is 19.3. The van der Waals surface area contributed by atoms with Crippen molar-refractivity contribution < 1.29 is 18.3 Å². The number of halogens is 2. The highest BCUT2D eigenvalue weighted by Gasteiger charge is 2.15. The van der Waals surface area contributed by atoms with E-state index in [0.717, 1.165) is 18.5 Å². The van der Waals surface area contributed by atoms with E-state index in [1.165, 1.54) is 0 Å². The molecule has 0 saturated heterocycles. The van der Waals surface area contributed by atoms with Crippen LogP contribution in [0.5, 0.6) is 5.75 Å². The Morgan fingerprint density at radius 2 is 1.95 bits per heavy atom. The topological polar surface area (TPSA) is 30.5 Å². The van der Waals surface area contributed by atoms with Gasteiger partial charge in [-0.05, 0) is 32.9 Å². The minimum absolute atomic E-state index is 0.189. The number of para-hydroxylation sites is 1. The maximum absolute atomic E-state index is 12.2. The summed E-state index contributed by atoms with van der Waals surface area (Å²) in [6.45, 7) is 2.44. The van der Waals surface area contributed by atoms with Gasteiger partial charge in [0, 0.05) is 19.2 Å². The Labute approximate surface area is 112 Å². The number of ether oxygens (including phenoxy) is 2. The summed E-state index contributed by atoms with van der Waals surface area (Å²) in [4.78, 5) is 0. The van der Waals surface area contributed by atoms with Gasteiger partial charge in [0.2, 0.25) is 0 Å². The van der Waals surface area contributed by atoms with Crippen LogP contribution in [0.3, 0.4) is 0 Å². The highest BCUT2D eigenvalue weighted by Crippen LogP contribution is 2.20. The second kappa shape index (κ2) is 7.40. The Morgan fingerprint density at radius 3 is 2.58 bits per heavy atom. The third-order valence-corrected chi connectivity index (χ3v) is 2.96. The first-order valence-electron chi connectivity index (χ1n) is 6.23. The van der Waals surface area contributed by atoms with Crippen molar-refractivity contribution in [2.45, 2.75) is 39.0 Å². The molecule has 0 aliphatic rings. The summed E-state index contributed by atoms with van der Waals surface area (Å²) < 4.78 is 34.2. The summed E-state index contributed by atoms with van der Waals surface area (Å²) >= 11 is 0. The van der Waals surface area contributed by atoms with E-state index in [-0.39, 0.29) is 11.4 Å². The summed E-state index contributed by atoms with van der Waals surface area (Å²) in [6, 6.07) is 6.79. The van der Waals surface area contributed by atoms with E-state index >= 15 is 0 Å². The van der Waals surface area contributed by atoms with Gasteiger partial charge in [0.1, 0.15) is 5.75 Å². The molecule has 1 rings (SSSR count). The minimum Gasteiger partial charge on any atom is -0.434 e. The number of hydrogen-bond donors (Lipinski definition) is 1. The van der Waals surface area contributed by atoms with Crippen LogP contribution in [0, 0.1) is 0 Å². The van der Waals surface area contributed by atoms with E-state index in [2.05, 4.69) is 10.1 Å². The SMILES string of the molecule is COC(C)(C)CCNCc1ccccc1OC(F)F. The molecular formula is C14H21F2NO2. The molecule has 0 spiro atoms. The second-order valence-corrected chi connectivity index (χ2v) is 4.88. The van der Waals surface area contributed by atoms with Gasteiger partial charge in [-0.2, -0.15) is 8.78 Å². The molecule has 0 atom stereocenters. The third-order valence-electron chi connectivity index (χ3n) is 2.96. The average Bonchev–Trinajstić information content (AvgIpc) is 2.36. The molecule has 19 heavy (non-hydrogen) atoms. The standard InChI is InChI=1S/C14H21F2NO2/c1-14(2,18-3)8-9-17-10-11-6-4-5-7-12(11)19-13(15)16/h4-7,13,17H,8-10H2,1-3H3. The number of rotatable bonds is 8. The lowest BCUT2D eigenvalue weighted by atomic mass is 10.1. The third kappa shape index (κ3) is 5.98. The van der Waals surface area contributed by atoms with Gasteiger partial charge in [-0.15, -0.1) is 0 Å². The van der Waals surface area contributed by atoms with Gasteiger partial charge >= 0.3 is 6.61 Å². The number of benzene rings is 1. The zero-order valence-electron chi connectivity index (χ0n) is 11.6. The fraction of sp³-hybridized carbons (Fsp3) is 0.571. The fourth-order valence-corrected chi connectivity index (χ4v) is 1.58. The lowest BCUT2D eigenvalue weighted by Gasteiger charge is -2.22. The molecule has 5 heteroatoms. The molecule has 0 unspecified atom stereocenters. The van der Waals surface area contributed by atoms with Gasteiger partial charge in [0.25, 0.3) is 0 Å². The van der Waals surface area contributed by atoms with Crippen LogP contribution in [0.15, 0.2) is 24.3 Å². The molecule has 1 aromatic rings. The molecule has 0 saturated carbocycles. The Kier molecular flexibility index (Phi) is 6.18. The Hall–Kier alpha value is -1.20.